The molecule has 116 valence electrons. The van der Waals surface area contributed by atoms with Crippen molar-refractivity contribution in [3.63, 3.8) is 0 Å². The molecule has 6 nitrogen and oxygen atoms in total. The lowest BCUT2D eigenvalue weighted by molar-refractivity contribution is -0.125. The Balaban J connectivity index is 1.58. The molecule has 1 amide bonds. The van der Waals surface area contributed by atoms with Gasteiger partial charge in [0.2, 0.25) is 5.91 Å². The number of nitrogens with one attached hydrogen (secondary N) is 1. The fourth-order valence-electron chi connectivity index (χ4n) is 2.50. The summed E-state index contributed by atoms with van der Waals surface area (Å²) in [6, 6.07) is 9.87. The summed E-state index contributed by atoms with van der Waals surface area (Å²) >= 11 is 0. The number of benzene rings is 1. The van der Waals surface area contributed by atoms with Gasteiger partial charge in [0.15, 0.2) is 5.82 Å². The summed E-state index contributed by atoms with van der Waals surface area (Å²) in [4.78, 5) is 12.3. The molecule has 6 heteroatoms. The van der Waals surface area contributed by atoms with Gasteiger partial charge < -0.3 is 15.6 Å². The fourth-order valence-corrected chi connectivity index (χ4v) is 2.50. The van der Waals surface area contributed by atoms with Crippen molar-refractivity contribution in [3.05, 3.63) is 48.0 Å². The average Bonchev–Trinajstić information content (AvgIpc) is 3.30. The van der Waals surface area contributed by atoms with Crippen LogP contribution in [0.2, 0.25) is 0 Å². The summed E-state index contributed by atoms with van der Waals surface area (Å²) in [5, 5.41) is 10.9. The first kappa shape index (κ1) is 14.7. The van der Waals surface area contributed by atoms with Crippen LogP contribution in [0.15, 0.2) is 36.7 Å². The minimum absolute atomic E-state index is 0.0679. The van der Waals surface area contributed by atoms with E-state index in [1.54, 1.807) is 6.33 Å². The highest BCUT2D eigenvalue weighted by atomic mass is 16.1. The molecule has 1 heterocycles. The zero-order valence-corrected chi connectivity index (χ0v) is 12.6. The first-order valence-electron chi connectivity index (χ1n) is 7.63. The third kappa shape index (κ3) is 3.17. The number of amides is 1. The van der Waals surface area contributed by atoms with E-state index >= 15 is 0 Å². The molecule has 0 aliphatic heterocycles. The summed E-state index contributed by atoms with van der Waals surface area (Å²) in [6.07, 6.45) is 4.06. The molecule has 3 N–H and O–H groups in total. The molecule has 2 aromatic rings. The first-order chi connectivity index (χ1) is 10.7. The lowest BCUT2D eigenvalue weighted by atomic mass is 9.95. The molecule has 1 fully saturated rings. The van der Waals surface area contributed by atoms with Crippen molar-refractivity contribution in [1.82, 2.24) is 20.1 Å². The normalized spacial score (nSPS) is 17.0. The Bertz CT molecular complexity index is 635. The van der Waals surface area contributed by atoms with Crippen LogP contribution in [-0.2, 0) is 11.3 Å². The van der Waals surface area contributed by atoms with Gasteiger partial charge in [0.25, 0.3) is 0 Å². The second kappa shape index (κ2) is 6.27. The molecule has 1 aromatic heterocycles. The number of hydrogen-bond acceptors (Lipinski definition) is 4. The summed E-state index contributed by atoms with van der Waals surface area (Å²) in [5.41, 5.74) is 7.15. The lowest BCUT2D eigenvalue weighted by Gasteiger charge is -2.19. The van der Waals surface area contributed by atoms with Gasteiger partial charge in [-0.05, 0) is 18.4 Å². The van der Waals surface area contributed by atoms with Crippen LogP contribution in [0.25, 0.3) is 0 Å². The van der Waals surface area contributed by atoms with Crippen LogP contribution in [0.4, 0.5) is 0 Å². The van der Waals surface area contributed by atoms with E-state index in [2.05, 4.69) is 15.5 Å². The summed E-state index contributed by atoms with van der Waals surface area (Å²) in [7, 11) is 0. The molecule has 2 unspecified atom stereocenters. The van der Waals surface area contributed by atoms with Crippen LogP contribution < -0.4 is 11.1 Å². The fraction of sp³-hybridized carbons (Fsp3) is 0.438. The van der Waals surface area contributed by atoms with Gasteiger partial charge in [-0.1, -0.05) is 37.3 Å². The second-order valence-electron chi connectivity index (χ2n) is 5.83. The van der Waals surface area contributed by atoms with Crippen LogP contribution in [0, 0.1) is 5.92 Å². The first-order valence-corrected chi connectivity index (χ1v) is 7.63. The molecule has 22 heavy (non-hydrogen) atoms. The van der Waals surface area contributed by atoms with E-state index in [4.69, 9.17) is 5.73 Å². The number of nitrogens with two attached hydrogens (primary N) is 1. The third-order valence-electron chi connectivity index (χ3n) is 4.14. The molecule has 2 atom stereocenters. The summed E-state index contributed by atoms with van der Waals surface area (Å²) in [6.45, 7) is 2.24. The van der Waals surface area contributed by atoms with Crippen LogP contribution in [-0.4, -0.2) is 20.7 Å². The van der Waals surface area contributed by atoms with E-state index in [9.17, 15) is 4.79 Å². The molecule has 0 saturated heterocycles. The number of carbonyl (C=O) groups is 1. The monoisotopic (exact) mass is 299 g/mol. The van der Waals surface area contributed by atoms with E-state index in [-0.39, 0.29) is 17.9 Å². The van der Waals surface area contributed by atoms with Gasteiger partial charge in [-0.15, -0.1) is 10.2 Å². The Hall–Kier alpha value is -2.21. The molecular formula is C16H21N5O. The van der Waals surface area contributed by atoms with Gasteiger partial charge in [0.1, 0.15) is 6.33 Å². The number of hydrogen-bond donors (Lipinski definition) is 2. The highest BCUT2D eigenvalue weighted by molar-refractivity contribution is 5.79. The van der Waals surface area contributed by atoms with Crippen molar-refractivity contribution in [1.29, 1.82) is 0 Å². The molecule has 1 aliphatic carbocycles. The minimum atomic E-state index is -0.317. The Morgan fingerprint density at radius 1 is 1.41 bits per heavy atom. The van der Waals surface area contributed by atoms with Gasteiger partial charge in [-0.3, -0.25) is 4.79 Å². The molecule has 3 rings (SSSR count). The van der Waals surface area contributed by atoms with Crippen molar-refractivity contribution in [3.8, 4) is 0 Å². The zero-order valence-electron chi connectivity index (χ0n) is 12.6. The van der Waals surface area contributed by atoms with E-state index in [0.29, 0.717) is 12.6 Å². The Kier molecular flexibility index (Phi) is 4.20. The van der Waals surface area contributed by atoms with Crippen LogP contribution >= 0.6 is 0 Å². The second-order valence-corrected chi connectivity index (χ2v) is 5.83. The van der Waals surface area contributed by atoms with Crippen molar-refractivity contribution >= 4 is 5.91 Å². The maximum Gasteiger partial charge on any atom is 0.225 e. The summed E-state index contributed by atoms with van der Waals surface area (Å²) < 4.78 is 2.04. The predicted octanol–water partition coefficient (Wildman–Crippen LogP) is 1.57. The minimum Gasteiger partial charge on any atom is -0.349 e. The molecule has 1 saturated carbocycles. The van der Waals surface area contributed by atoms with E-state index < -0.39 is 0 Å². The van der Waals surface area contributed by atoms with Crippen LogP contribution in [0.1, 0.15) is 43.2 Å². The van der Waals surface area contributed by atoms with Gasteiger partial charge >= 0.3 is 0 Å². The molecule has 0 radical (unpaired) electrons. The SMILES string of the molecule is CC(C(=O)NCc1nncn1C1CC1)C(N)c1ccccc1. The topological polar surface area (TPSA) is 85.8 Å². The van der Waals surface area contributed by atoms with Crippen LogP contribution in [0.3, 0.4) is 0 Å². The maximum atomic E-state index is 12.3. The predicted molar refractivity (Wildman–Crippen MR) is 82.7 cm³/mol. The Labute approximate surface area is 129 Å². The maximum absolute atomic E-state index is 12.3. The highest BCUT2D eigenvalue weighted by Gasteiger charge is 2.27. The number of nitrogens with zero attached hydrogens (tertiary/aromatic N) is 3. The van der Waals surface area contributed by atoms with E-state index in [0.717, 1.165) is 24.2 Å². The van der Waals surface area contributed by atoms with E-state index in [1.165, 1.54) is 0 Å². The molecule has 0 bridgehead atoms. The molecule has 1 aromatic carbocycles. The molecule has 1 aliphatic rings. The van der Waals surface area contributed by atoms with Gasteiger partial charge in [-0.25, -0.2) is 0 Å². The highest BCUT2D eigenvalue weighted by Crippen LogP contribution is 2.35. The zero-order chi connectivity index (χ0) is 15.5. The van der Waals surface area contributed by atoms with Crippen LogP contribution in [0.5, 0.6) is 0 Å². The van der Waals surface area contributed by atoms with Gasteiger partial charge in [0, 0.05) is 12.1 Å². The van der Waals surface area contributed by atoms with Gasteiger partial charge in [0.05, 0.1) is 12.5 Å². The van der Waals surface area contributed by atoms with Crippen molar-refractivity contribution in [2.24, 2.45) is 11.7 Å². The van der Waals surface area contributed by atoms with Crippen molar-refractivity contribution < 1.29 is 4.79 Å². The quantitative estimate of drug-likeness (QED) is 0.847. The van der Waals surface area contributed by atoms with E-state index in [1.807, 2.05) is 41.8 Å². The van der Waals surface area contributed by atoms with Crippen molar-refractivity contribution in [2.75, 3.05) is 0 Å². The number of rotatable bonds is 6. The van der Waals surface area contributed by atoms with Crippen molar-refractivity contribution in [2.45, 2.75) is 38.4 Å². The number of carbonyl (C=O) groups excluding carboxylic acids is 1. The lowest BCUT2D eigenvalue weighted by Crippen LogP contribution is -2.35. The number of aromatic nitrogens is 3. The molecular weight excluding hydrogens is 278 g/mol. The Morgan fingerprint density at radius 3 is 2.82 bits per heavy atom. The standard InChI is InChI=1S/C16H21N5O/c1-11(15(17)12-5-3-2-4-6-12)16(22)18-9-14-20-19-10-21(14)13-7-8-13/h2-6,10-11,13,15H,7-9,17H2,1H3,(H,18,22). The summed E-state index contributed by atoms with van der Waals surface area (Å²) in [5.74, 6) is 0.428. The Morgan fingerprint density at radius 2 is 2.14 bits per heavy atom. The van der Waals surface area contributed by atoms with Gasteiger partial charge in [-0.2, -0.15) is 0 Å². The third-order valence-corrected chi connectivity index (χ3v) is 4.14. The molecule has 0 spiro atoms. The average molecular weight is 299 g/mol. The smallest absolute Gasteiger partial charge is 0.225 e. The largest absolute Gasteiger partial charge is 0.349 e.